The molecule has 0 aliphatic carbocycles. The van der Waals surface area contributed by atoms with Gasteiger partial charge in [-0.1, -0.05) is 6.58 Å². The molecule has 0 spiro atoms. The first kappa shape index (κ1) is 24.9. The number of esters is 1. The predicted molar refractivity (Wildman–Crippen MR) is 111 cm³/mol. The van der Waals surface area contributed by atoms with Crippen LogP contribution in [0.5, 0.6) is 0 Å². The second-order valence-electron chi connectivity index (χ2n) is 8.72. The maximum atomic E-state index is 11.1. The van der Waals surface area contributed by atoms with Crippen molar-refractivity contribution in [3.05, 3.63) is 12.7 Å². The van der Waals surface area contributed by atoms with Crippen LogP contribution < -0.4 is 0 Å². The lowest BCUT2D eigenvalue weighted by Crippen LogP contribution is -2.62. The zero-order valence-corrected chi connectivity index (χ0v) is 21.4. The highest BCUT2D eigenvalue weighted by atomic mass is 28.5. The number of hydrogen-bond acceptors (Lipinski definition) is 6. The topological polar surface area (TPSA) is 63.2 Å². The van der Waals surface area contributed by atoms with Gasteiger partial charge in [-0.15, -0.1) is 0 Å². The van der Waals surface area contributed by atoms with Crippen LogP contribution >= 0.6 is 0 Å². The summed E-state index contributed by atoms with van der Waals surface area (Å²) in [5.41, 5.74) is 0. The molecule has 0 heterocycles. The molecular formula is C15H36O6Si4. The molecule has 6 nitrogen and oxygen atoms in total. The van der Waals surface area contributed by atoms with E-state index in [-0.39, 0.29) is 6.61 Å². The van der Waals surface area contributed by atoms with E-state index in [9.17, 15) is 4.79 Å². The Morgan fingerprint density at radius 3 is 1.52 bits per heavy atom. The number of rotatable bonds is 12. The molecule has 0 rings (SSSR count). The molecule has 25 heavy (non-hydrogen) atoms. The lowest BCUT2D eigenvalue weighted by atomic mass is 10.5. The molecule has 0 radical (unpaired) electrons. The van der Waals surface area contributed by atoms with Crippen molar-refractivity contribution < 1.29 is 26.3 Å². The summed E-state index contributed by atoms with van der Waals surface area (Å²) in [6, 6.07) is 0. The molecule has 0 saturated carbocycles. The number of ether oxygens (including phenoxy) is 1. The van der Waals surface area contributed by atoms with E-state index < -0.39 is 40.0 Å². The summed E-state index contributed by atoms with van der Waals surface area (Å²) in [4.78, 5) is 11.1. The molecule has 0 aromatic rings. The van der Waals surface area contributed by atoms with Crippen LogP contribution in [-0.2, 0) is 26.3 Å². The Kier molecular flexibility index (Phi) is 9.71. The average molecular weight is 425 g/mol. The summed E-state index contributed by atoms with van der Waals surface area (Å²) >= 11 is 0. The fourth-order valence-corrected chi connectivity index (χ4v) is 13.5. The zero-order chi connectivity index (χ0) is 19.9. The number of carbonyl (C=O) groups is 1. The summed E-state index contributed by atoms with van der Waals surface area (Å²) in [5, 5.41) is 0. The SMILES string of the molecule is C=CC(=O)OCCCO[Si](O[Si](C)(C)C)(O[Si](C)(C)C)O[Si](C)(C)C. The van der Waals surface area contributed by atoms with E-state index in [2.05, 4.69) is 65.5 Å². The molecule has 0 aromatic heterocycles. The monoisotopic (exact) mass is 424 g/mol. The maximum Gasteiger partial charge on any atom is 0.647 e. The normalized spacial score (nSPS) is 13.6. The number of carbonyl (C=O) groups excluding carboxylic acids is 1. The maximum absolute atomic E-state index is 11.1. The van der Waals surface area contributed by atoms with Gasteiger partial charge in [0.2, 0.25) is 0 Å². The molecule has 0 aliphatic rings. The van der Waals surface area contributed by atoms with Crippen LogP contribution in [0.3, 0.4) is 0 Å². The van der Waals surface area contributed by atoms with Crippen LogP contribution in [0.4, 0.5) is 0 Å². The molecule has 148 valence electrons. The Morgan fingerprint density at radius 1 is 0.800 bits per heavy atom. The van der Waals surface area contributed by atoms with Crippen LogP contribution in [0.1, 0.15) is 6.42 Å². The average Bonchev–Trinajstić information content (AvgIpc) is 2.31. The van der Waals surface area contributed by atoms with Crippen LogP contribution in [0.25, 0.3) is 0 Å². The van der Waals surface area contributed by atoms with Gasteiger partial charge in [-0.25, -0.2) is 4.79 Å². The summed E-state index contributed by atoms with van der Waals surface area (Å²) in [6.07, 6.45) is 1.70. The molecule has 0 bridgehead atoms. The predicted octanol–water partition coefficient (Wildman–Crippen LogP) is 4.11. The lowest BCUT2D eigenvalue weighted by Gasteiger charge is -2.40. The lowest BCUT2D eigenvalue weighted by molar-refractivity contribution is -0.138. The highest BCUT2D eigenvalue weighted by Gasteiger charge is 2.53. The second-order valence-corrected chi connectivity index (χ2v) is 25.1. The van der Waals surface area contributed by atoms with Gasteiger partial charge in [0.05, 0.1) is 6.61 Å². The van der Waals surface area contributed by atoms with E-state index in [4.69, 9.17) is 21.5 Å². The van der Waals surface area contributed by atoms with Gasteiger partial charge >= 0.3 is 15.0 Å². The number of hydrogen-bond donors (Lipinski definition) is 0. The molecule has 0 N–H and O–H groups in total. The molecule has 0 atom stereocenters. The largest absolute Gasteiger partial charge is 0.647 e. The fourth-order valence-electron chi connectivity index (χ4n) is 1.76. The molecule has 0 amide bonds. The highest BCUT2D eigenvalue weighted by Crippen LogP contribution is 2.26. The van der Waals surface area contributed by atoms with Crippen LogP contribution in [0.15, 0.2) is 12.7 Å². The standard InChI is InChI=1S/C15H36O6Si4/c1-11-15(16)17-13-12-14-18-25(19-22(2,3)4,20-23(5,6)7)21-24(8,9)10/h11H,1,12-14H2,2-10H3. The Bertz CT molecular complexity index is 396. The van der Waals surface area contributed by atoms with Crippen molar-refractivity contribution in [1.29, 1.82) is 0 Å². The van der Waals surface area contributed by atoms with Gasteiger partial charge in [0, 0.05) is 19.1 Å². The Balaban J connectivity index is 5.16. The van der Waals surface area contributed by atoms with Crippen LogP contribution in [0.2, 0.25) is 58.9 Å². The van der Waals surface area contributed by atoms with Crippen molar-refractivity contribution in [2.45, 2.75) is 65.3 Å². The molecule has 0 unspecified atom stereocenters. The minimum atomic E-state index is -3.26. The van der Waals surface area contributed by atoms with E-state index in [1.165, 1.54) is 0 Å². The highest BCUT2D eigenvalue weighted by molar-refractivity contribution is 6.87. The molecule has 0 saturated heterocycles. The summed E-state index contributed by atoms with van der Waals surface area (Å²) in [5.74, 6) is -0.432. The first-order valence-electron chi connectivity index (χ1n) is 8.61. The molecule has 0 aliphatic heterocycles. The van der Waals surface area contributed by atoms with Gasteiger partial charge in [0.25, 0.3) is 0 Å². The molecule has 10 heteroatoms. The van der Waals surface area contributed by atoms with Crippen molar-refractivity contribution in [3.63, 3.8) is 0 Å². The minimum absolute atomic E-state index is 0.266. The molecular weight excluding hydrogens is 389 g/mol. The van der Waals surface area contributed by atoms with Crippen molar-refractivity contribution in [3.8, 4) is 0 Å². The van der Waals surface area contributed by atoms with Crippen molar-refractivity contribution in [2.24, 2.45) is 0 Å². The van der Waals surface area contributed by atoms with Crippen LogP contribution in [0, 0.1) is 0 Å². The first-order chi connectivity index (χ1) is 11.1. The van der Waals surface area contributed by atoms with E-state index in [1.54, 1.807) is 0 Å². The summed E-state index contributed by atoms with van der Waals surface area (Å²) < 4.78 is 30.3. The van der Waals surface area contributed by atoms with E-state index in [1.807, 2.05) is 0 Å². The van der Waals surface area contributed by atoms with Gasteiger partial charge in [-0.3, -0.25) is 0 Å². The second kappa shape index (κ2) is 9.74. The van der Waals surface area contributed by atoms with Gasteiger partial charge < -0.3 is 21.5 Å². The third-order valence-electron chi connectivity index (χ3n) is 2.27. The Labute approximate surface area is 157 Å². The van der Waals surface area contributed by atoms with Crippen molar-refractivity contribution in [1.82, 2.24) is 0 Å². The van der Waals surface area contributed by atoms with Gasteiger partial charge in [-0.2, -0.15) is 0 Å². The minimum Gasteiger partial charge on any atom is -0.462 e. The summed E-state index contributed by atoms with van der Waals surface area (Å²) in [6.45, 7) is 22.9. The summed E-state index contributed by atoms with van der Waals surface area (Å²) in [7, 11) is -9.12. The molecule has 0 fully saturated rings. The quantitative estimate of drug-likeness (QED) is 0.203. The van der Waals surface area contributed by atoms with Crippen molar-refractivity contribution in [2.75, 3.05) is 13.2 Å². The fraction of sp³-hybridized carbons (Fsp3) is 0.800. The van der Waals surface area contributed by atoms with Crippen LogP contribution in [-0.4, -0.2) is 53.2 Å². The first-order valence-corrected chi connectivity index (χ1v) is 20.5. The zero-order valence-electron chi connectivity index (χ0n) is 17.4. The Hall–Kier alpha value is -0.0825. The third-order valence-corrected chi connectivity index (χ3v) is 13.2. The Morgan fingerprint density at radius 2 is 1.20 bits per heavy atom. The van der Waals surface area contributed by atoms with Crippen molar-refractivity contribution >= 4 is 40.0 Å². The molecule has 0 aromatic carbocycles. The van der Waals surface area contributed by atoms with E-state index in [0.717, 1.165) is 6.08 Å². The third kappa shape index (κ3) is 13.7. The smallest absolute Gasteiger partial charge is 0.462 e. The van der Waals surface area contributed by atoms with E-state index >= 15 is 0 Å². The van der Waals surface area contributed by atoms with Gasteiger partial charge in [0.1, 0.15) is 0 Å². The van der Waals surface area contributed by atoms with Gasteiger partial charge in [0.15, 0.2) is 25.0 Å². The van der Waals surface area contributed by atoms with Gasteiger partial charge in [-0.05, 0) is 58.9 Å². The van der Waals surface area contributed by atoms with E-state index in [0.29, 0.717) is 13.0 Å².